The number of carbonyl (C=O) groups is 1. The third-order valence-corrected chi connectivity index (χ3v) is 3.02. The van der Waals surface area contributed by atoms with Gasteiger partial charge in [-0.15, -0.1) is 0 Å². The van der Waals surface area contributed by atoms with Crippen LogP contribution in [0.4, 0.5) is 5.82 Å². The Bertz CT molecular complexity index is 560. The number of hydrogen-bond donors (Lipinski definition) is 1. The molecule has 19 heavy (non-hydrogen) atoms. The molecule has 0 radical (unpaired) electrons. The van der Waals surface area contributed by atoms with Crippen LogP contribution in [0.1, 0.15) is 11.6 Å². The first-order valence-electron chi connectivity index (χ1n) is 5.72. The van der Waals surface area contributed by atoms with E-state index in [-0.39, 0.29) is 5.97 Å². The van der Waals surface area contributed by atoms with Crippen LogP contribution < -0.4 is 5.32 Å². The topological polar surface area (TPSA) is 51.2 Å². The van der Waals surface area contributed by atoms with E-state index >= 15 is 0 Å². The second-order valence-electron chi connectivity index (χ2n) is 3.86. The average molecular weight is 321 g/mol. The molecule has 0 amide bonds. The van der Waals surface area contributed by atoms with Crippen LogP contribution in [0, 0.1) is 0 Å². The van der Waals surface area contributed by atoms with Crippen molar-refractivity contribution in [2.24, 2.45) is 0 Å². The van der Waals surface area contributed by atoms with Gasteiger partial charge < -0.3 is 10.1 Å². The summed E-state index contributed by atoms with van der Waals surface area (Å²) in [4.78, 5) is 16.1. The monoisotopic (exact) mass is 320 g/mol. The molecule has 0 fully saturated rings. The predicted molar refractivity (Wildman–Crippen MR) is 76.8 cm³/mol. The van der Waals surface area contributed by atoms with Gasteiger partial charge in [0, 0.05) is 0 Å². The molecular weight excluding hydrogens is 308 g/mol. The fourth-order valence-electron chi connectivity index (χ4n) is 1.68. The van der Waals surface area contributed by atoms with Gasteiger partial charge in [-0.2, -0.15) is 0 Å². The SMILES string of the molecule is COC(=O)C(Nc1cccc(Br)n1)c1ccccc1. The molecule has 1 aromatic heterocycles. The summed E-state index contributed by atoms with van der Waals surface area (Å²) in [5.74, 6) is 0.251. The van der Waals surface area contributed by atoms with Gasteiger partial charge in [0.25, 0.3) is 0 Å². The van der Waals surface area contributed by atoms with Gasteiger partial charge in [-0.25, -0.2) is 9.78 Å². The Morgan fingerprint density at radius 2 is 1.95 bits per heavy atom. The highest BCUT2D eigenvalue weighted by molar-refractivity contribution is 9.10. The van der Waals surface area contributed by atoms with Crippen molar-refractivity contribution in [1.29, 1.82) is 0 Å². The molecule has 0 bridgehead atoms. The number of hydrogen-bond acceptors (Lipinski definition) is 4. The molecule has 0 aliphatic heterocycles. The van der Waals surface area contributed by atoms with Crippen molar-refractivity contribution in [2.45, 2.75) is 6.04 Å². The average Bonchev–Trinajstić information content (AvgIpc) is 2.45. The van der Waals surface area contributed by atoms with Gasteiger partial charge in [0.2, 0.25) is 0 Å². The van der Waals surface area contributed by atoms with Crippen LogP contribution >= 0.6 is 15.9 Å². The molecular formula is C14H13BrN2O2. The van der Waals surface area contributed by atoms with Gasteiger partial charge in [0.15, 0.2) is 6.04 Å². The van der Waals surface area contributed by atoms with Crippen LogP contribution in [0.2, 0.25) is 0 Å². The zero-order chi connectivity index (χ0) is 13.7. The number of benzene rings is 1. The van der Waals surface area contributed by atoms with Crippen molar-refractivity contribution in [3.05, 3.63) is 58.7 Å². The standard InChI is InChI=1S/C14H13BrN2O2/c1-19-14(18)13(10-6-3-2-4-7-10)17-12-9-5-8-11(15)16-12/h2-9,13H,1H3,(H,16,17). The first kappa shape index (κ1) is 13.5. The minimum atomic E-state index is -0.576. The largest absolute Gasteiger partial charge is 0.467 e. The zero-order valence-electron chi connectivity index (χ0n) is 10.3. The minimum absolute atomic E-state index is 0.354. The number of anilines is 1. The van der Waals surface area contributed by atoms with Gasteiger partial charge in [-0.3, -0.25) is 0 Å². The van der Waals surface area contributed by atoms with E-state index in [4.69, 9.17) is 4.74 Å². The van der Waals surface area contributed by atoms with Crippen molar-refractivity contribution in [2.75, 3.05) is 12.4 Å². The molecule has 1 unspecified atom stereocenters. The molecule has 1 heterocycles. The first-order valence-corrected chi connectivity index (χ1v) is 6.52. The Labute approximate surface area is 119 Å². The molecule has 0 aliphatic rings. The summed E-state index contributed by atoms with van der Waals surface area (Å²) in [5, 5.41) is 3.07. The molecule has 2 aromatic rings. The van der Waals surface area contributed by atoms with Crippen LogP contribution in [0.5, 0.6) is 0 Å². The predicted octanol–water partition coefficient (Wildman–Crippen LogP) is 3.17. The number of pyridine rings is 1. The third kappa shape index (κ3) is 3.54. The van der Waals surface area contributed by atoms with Crippen molar-refractivity contribution < 1.29 is 9.53 Å². The van der Waals surface area contributed by atoms with E-state index in [1.54, 1.807) is 6.07 Å². The van der Waals surface area contributed by atoms with Crippen LogP contribution in [0.15, 0.2) is 53.1 Å². The van der Waals surface area contributed by atoms with E-state index in [0.717, 1.165) is 5.56 Å². The van der Waals surface area contributed by atoms with Crippen LogP contribution in [0.3, 0.4) is 0 Å². The van der Waals surface area contributed by atoms with Crippen LogP contribution in [-0.4, -0.2) is 18.1 Å². The lowest BCUT2D eigenvalue weighted by Gasteiger charge is -2.17. The summed E-state index contributed by atoms with van der Waals surface area (Å²) in [6.07, 6.45) is 0. The number of carbonyl (C=O) groups excluding carboxylic acids is 1. The van der Waals surface area contributed by atoms with Gasteiger partial charge in [-0.05, 0) is 33.6 Å². The molecule has 0 saturated heterocycles. The maximum absolute atomic E-state index is 11.9. The summed E-state index contributed by atoms with van der Waals surface area (Å²) in [6, 6.07) is 14.3. The number of aromatic nitrogens is 1. The molecule has 98 valence electrons. The number of esters is 1. The van der Waals surface area contributed by atoms with E-state index in [1.807, 2.05) is 42.5 Å². The zero-order valence-corrected chi connectivity index (χ0v) is 11.9. The Morgan fingerprint density at radius 3 is 2.58 bits per heavy atom. The van der Waals surface area contributed by atoms with E-state index < -0.39 is 6.04 Å². The molecule has 0 saturated carbocycles. The van der Waals surface area contributed by atoms with Crippen molar-refractivity contribution in [1.82, 2.24) is 4.98 Å². The highest BCUT2D eigenvalue weighted by Crippen LogP contribution is 2.20. The maximum atomic E-state index is 11.9. The number of nitrogens with zero attached hydrogens (tertiary/aromatic N) is 1. The third-order valence-electron chi connectivity index (χ3n) is 2.58. The smallest absolute Gasteiger partial charge is 0.333 e. The van der Waals surface area contributed by atoms with Crippen molar-refractivity contribution in [3.63, 3.8) is 0 Å². The van der Waals surface area contributed by atoms with Crippen LogP contribution in [-0.2, 0) is 9.53 Å². The fourth-order valence-corrected chi connectivity index (χ4v) is 2.02. The van der Waals surface area contributed by atoms with E-state index in [1.165, 1.54) is 7.11 Å². The quantitative estimate of drug-likeness (QED) is 0.694. The number of ether oxygens (including phenoxy) is 1. The summed E-state index contributed by atoms with van der Waals surface area (Å²) >= 11 is 3.30. The summed E-state index contributed by atoms with van der Waals surface area (Å²) in [6.45, 7) is 0. The molecule has 0 spiro atoms. The molecule has 5 heteroatoms. The number of rotatable bonds is 4. The lowest BCUT2D eigenvalue weighted by molar-refractivity contribution is -0.141. The maximum Gasteiger partial charge on any atom is 0.333 e. The number of methoxy groups -OCH3 is 1. The second-order valence-corrected chi connectivity index (χ2v) is 4.67. The normalized spacial score (nSPS) is 11.7. The first-order chi connectivity index (χ1) is 9.20. The summed E-state index contributed by atoms with van der Waals surface area (Å²) < 4.78 is 5.53. The highest BCUT2D eigenvalue weighted by Gasteiger charge is 2.21. The second kappa shape index (κ2) is 6.33. The van der Waals surface area contributed by atoms with Crippen LogP contribution in [0.25, 0.3) is 0 Å². The molecule has 1 aromatic carbocycles. The Kier molecular flexibility index (Phi) is 4.52. The van der Waals surface area contributed by atoms with Crippen molar-refractivity contribution in [3.8, 4) is 0 Å². The van der Waals surface area contributed by atoms with Gasteiger partial charge >= 0.3 is 5.97 Å². The molecule has 1 atom stereocenters. The molecule has 0 aliphatic carbocycles. The molecule has 4 nitrogen and oxygen atoms in total. The Morgan fingerprint density at radius 1 is 1.21 bits per heavy atom. The summed E-state index contributed by atoms with van der Waals surface area (Å²) in [7, 11) is 1.37. The Balaban J connectivity index is 2.27. The van der Waals surface area contributed by atoms with Gasteiger partial charge in [0.05, 0.1) is 7.11 Å². The van der Waals surface area contributed by atoms with Gasteiger partial charge in [-0.1, -0.05) is 36.4 Å². The van der Waals surface area contributed by atoms with Gasteiger partial charge in [0.1, 0.15) is 10.4 Å². The highest BCUT2D eigenvalue weighted by atomic mass is 79.9. The lowest BCUT2D eigenvalue weighted by atomic mass is 10.1. The minimum Gasteiger partial charge on any atom is -0.467 e. The number of halogens is 1. The van der Waals surface area contributed by atoms with Crippen molar-refractivity contribution >= 4 is 27.7 Å². The lowest BCUT2D eigenvalue weighted by Crippen LogP contribution is -2.22. The van der Waals surface area contributed by atoms with E-state index in [0.29, 0.717) is 10.4 Å². The molecule has 1 N–H and O–H groups in total. The number of nitrogens with one attached hydrogen (secondary N) is 1. The van der Waals surface area contributed by atoms with E-state index in [9.17, 15) is 4.79 Å². The van der Waals surface area contributed by atoms with E-state index in [2.05, 4.69) is 26.2 Å². The Hall–Kier alpha value is -1.88. The fraction of sp³-hybridized carbons (Fsp3) is 0.143. The molecule has 2 rings (SSSR count). The summed E-state index contributed by atoms with van der Waals surface area (Å²) in [5.41, 5.74) is 0.830.